The number of hydrogen-bond donors (Lipinski definition) is 1. The fraction of sp³-hybridized carbons (Fsp3) is 0.0400. The van der Waals surface area contributed by atoms with Gasteiger partial charge in [-0.05, 0) is 61.5 Å². The van der Waals surface area contributed by atoms with Crippen molar-refractivity contribution >= 4 is 44.0 Å². The summed E-state index contributed by atoms with van der Waals surface area (Å²) in [4.78, 5) is 25.6. The van der Waals surface area contributed by atoms with Crippen LogP contribution in [0.4, 0.5) is 5.69 Å². The topological polar surface area (TPSA) is 68.5 Å². The number of ether oxygens (including phenoxy) is 1. The van der Waals surface area contributed by atoms with Gasteiger partial charge in [-0.25, -0.2) is 4.79 Å². The van der Waals surface area contributed by atoms with E-state index in [0.717, 1.165) is 21.4 Å². The standard InChI is InChI=1S/C25H17NO4S/c1-15-7-12-21-19(13-15)23-20(25(28)30-21)14-22(31-23)24(27)26-16-8-10-18(11-9-16)29-17-5-3-2-4-6-17/h2-14H,1H3,(H,26,27). The summed E-state index contributed by atoms with van der Waals surface area (Å²) in [6.45, 7) is 1.97. The second kappa shape index (κ2) is 7.74. The zero-order valence-corrected chi connectivity index (χ0v) is 17.4. The smallest absolute Gasteiger partial charge is 0.345 e. The summed E-state index contributed by atoms with van der Waals surface area (Å²) in [6, 6.07) is 23.8. The predicted octanol–water partition coefficient (Wildman–Crippen LogP) is 6.36. The molecule has 0 radical (unpaired) electrons. The number of carbonyl (C=O) groups is 1. The summed E-state index contributed by atoms with van der Waals surface area (Å²) in [5, 5.41) is 4.12. The van der Waals surface area contributed by atoms with E-state index in [1.165, 1.54) is 11.3 Å². The first-order valence-electron chi connectivity index (χ1n) is 9.68. The minimum Gasteiger partial charge on any atom is -0.457 e. The highest BCUT2D eigenvalue weighted by Gasteiger charge is 2.16. The van der Waals surface area contributed by atoms with Gasteiger partial charge in [-0.1, -0.05) is 29.8 Å². The van der Waals surface area contributed by atoms with Gasteiger partial charge in [0.2, 0.25) is 0 Å². The summed E-state index contributed by atoms with van der Waals surface area (Å²) >= 11 is 1.29. The fourth-order valence-electron chi connectivity index (χ4n) is 3.34. The maximum atomic E-state index is 12.8. The molecule has 31 heavy (non-hydrogen) atoms. The van der Waals surface area contributed by atoms with Crippen LogP contribution in [-0.4, -0.2) is 5.91 Å². The van der Waals surface area contributed by atoms with Crippen LogP contribution in [0.25, 0.3) is 21.1 Å². The zero-order valence-electron chi connectivity index (χ0n) is 16.5. The van der Waals surface area contributed by atoms with Crippen molar-refractivity contribution in [2.45, 2.75) is 6.92 Å². The Morgan fingerprint density at radius 2 is 1.65 bits per heavy atom. The average Bonchev–Trinajstić information content (AvgIpc) is 3.23. The molecule has 0 aliphatic heterocycles. The van der Waals surface area contributed by atoms with Gasteiger partial charge in [0.25, 0.3) is 5.91 Å². The van der Waals surface area contributed by atoms with Crippen molar-refractivity contribution in [3.8, 4) is 11.5 Å². The Hall–Kier alpha value is -3.90. The molecule has 0 bridgehead atoms. The molecular formula is C25H17NO4S. The number of benzene rings is 3. The van der Waals surface area contributed by atoms with Gasteiger partial charge in [0.15, 0.2) is 0 Å². The molecule has 0 saturated carbocycles. The van der Waals surface area contributed by atoms with E-state index < -0.39 is 5.63 Å². The lowest BCUT2D eigenvalue weighted by Gasteiger charge is -2.07. The molecule has 2 heterocycles. The Morgan fingerprint density at radius 1 is 0.903 bits per heavy atom. The third kappa shape index (κ3) is 3.81. The minimum atomic E-state index is -0.441. The molecule has 0 spiro atoms. The number of para-hydroxylation sites is 1. The number of nitrogens with one attached hydrogen (secondary N) is 1. The van der Waals surface area contributed by atoms with Crippen LogP contribution in [0.2, 0.25) is 0 Å². The number of amides is 1. The largest absolute Gasteiger partial charge is 0.457 e. The SMILES string of the molecule is Cc1ccc2oc(=O)c3cc(C(=O)Nc4ccc(Oc5ccccc5)cc4)sc3c2c1. The fourth-order valence-corrected chi connectivity index (χ4v) is 4.41. The lowest BCUT2D eigenvalue weighted by atomic mass is 10.1. The highest BCUT2D eigenvalue weighted by molar-refractivity contribution is 7.21. The lowest BCUT2D eigenvalue weighted by Crippen LogP contribution is -2.10. The van der Waals surface area contributed by atoms with Crippen molar-refractivity contribution < 1.29 is 13.9 Å². The van der Waals surface area contributed by atoms with Crippen LogP contribution < -0.4 is 15.7 Å². The zero-order chi connectivity index (χ0) is 21.4. The van der Waals surface area contributed by atoms with Gasteiger partial charge in [-0.3, -0.25) is 4.79 Å². The number of carbonyl (C=O) groups excluding carboxylic acids is 1. The number of anilines is 1. The molecule has 0 aliphatic rings. The maximum Gasteiger partial charge on any atom is 0.345 e. The van der Waals surface area contributed by atoms with Crippen molar-refractivity contribution in [2.75, 3.05) is 5.32 Å². The predicted molar refractivity (Wildman–Crippen MR) is 124 cm³/mol. The molecule has 5 nitrogen and oxygen atoms in total. The summed E-state index contributed by atoms with van der Waals surface area (Å²) < 4.78 is 11.9. The van der Waals surface area contributed by atoms with E-state index in [4.69, 9.17) is 9.15 Å². The van der Waals surface area contributed by atoms with Crippen molar-refractivity contribution in [2.24, 2.45) is 0 Å². The van der Waals surface area contributed by atoms with Crippen LogP contribution in [-0.2, 0) is 0 Å². The monoisotopic (exact) mass is 427 g/mol. The lowest BCUT2D eigenvalue weighted by molar-refractivity contribution is 0.103. The van der Waals surface area contributed by atoms with Crippen LogP contribution >= 0.6 is 11.3 Å². The third-order valence-corrected chi connectivity index (χ3v) is 6.02. The van der Waals surface area contributed by atoms with Crippen LogP contribution in [0.1, 0.15) is 15.2 Å². The first-order chi connectivity index (χ1) is 15.1. The number of fused-ring (bicyclic) bond motifs is 3. The molecule has 6 heteroatoms. The molecular weight excluding hydrogens is 410 g/mol. The molecule has 152 valence electrons. The molecule has 2 aromatic heterocycles. The van der Waals surface area contributed by atoms with Crippen LogP contribution in [0.3, 0.4) is 0 Å². The second-order valence-electron chi connectivity index (χ2n) is 7.14. The molecule has 0 fully saturated rings. The first kappa shape index (κ1) is 19.1. The van der Waals surface area contributed by atoms with E-state index >= 15 is 0 Å². The van der Waals surface area contributed by atoms with E-state index in [2.05, 4.69) is 5.32 Å². The van der Waals surface area contributed by atoms with E-state index in [9.17, 15) is 9.59 Å². The van der Waals surface area contributed by atoms with Gasteiger partial charge in [0.05, 0.1) is 15.0 Å². The number of thiophene rings is 1. The molecule has 3 aromatic carbocycles. The Bertz CT molecular complexity index is 1470. The molecule has 1 N–H and O–H groups in total. The Morgan fingerprint density at radius 3 is 2.42 bits per heavy atom. The molecule has 0 saturated heterocycles. The van der Waals surface area contributed by atoms with Crippen molar-refractivity contribution in [3.63, 3.8) is 0 Å². The number of aryl methyl sites for hydroxylation is 1. The van der Waals surface area contributed by atoms with E-state index in [1.54, 1.807) is 36.4 Å². The summed E-state index contributed by atoms with van der Waals surface area (Å²) in [5.74, 6) is 1.13. The number of hydrogen-bond acceptors (Lipinski definition) is 5. The highest BCUT2D eigenvalue weighted by atomic mass is 32.1. The summed E-state index contributed by atoms with van der Waals surface area (Å²) in [5.41, 5.74) is 1.77. The molecule has 0 unspecified atom stereocenters. The highest BCUT2D eigenvalue weighted by Crippen LogP contribution is 2.31. The Kier molecular flexibility index (Phi) is 4.76. The van der Waals surface area contributed by atoms with Gasteiger partial charge < -0.3 is 14.5 Å². The molecule has 5 rings (SSSR count). The van der Waals surface area contributed by atoms with Crippen molar-refractivity contribution in [3.05, 3.63) is 99.7 Å². The van der Waals surface area contributed by atoms with Crippen molar-refractivity contribution in [1.82, 2.24) is 0 Å². The second-order valence-corrected chi connectivity index (χ2v) is 8.19. The van der Waals surface area contributed by atoms with Gasteiger partial charge in [-0.2, -0.15) is 0 Å². The van der Waals surface area contributed by atoms with Crippen LogP contribution in [0.5, 0.6) is 11.5 Å². The van der Waals surface area contributed by atoms with E-state index in [1.807, 2.05) is 49.4 Å². The molecule has 0 atom stereocenters. The van der Waals surface area contributed by atoms with E-state index in [0.29, 0.717) is 27.3 Å². The quantitative estimate of drug-likeness (QED) is 0.339. The Balaban J connectivity index is 1.40. The van der Waals surface area contributed by atoms with Gasteiger partial charge in [-0.15, -0.1) is 11.3 Å². The number of rotatable bonds is 4. The van der Waals surface area contributed by atoms with Crippen LogP contribution in [0.15, 0.2) is 88.1 Å². The minimum absolute atomic E-state index is 0.280. The van der Waals surface area contributed by atoms with Gasteiger partial charge in [0, 0.05) is 11.1 Å². The molecule has 0 aliphatic carbocycles. The molecule has 5 aromatic rings. The van der Waals surface area contributed by atoms with Gasteiger partial charge >= 0.3 is 5.63 Å². The normalized spacial score (nSPS) is 11.0. The summed E-state index contributed by atoms with van der Waals surface area (Å²) in [6.07, 6.45) is 0. The summed E-state index contributed by atoms with van der Waals surface area (Å²) in [7, 11) is 0. The Labute approximate surface area is 181 Å². The average molecular weight is 427 g/mol. The third-order valence-electron chi connectivity index (χ3n) is 4.85. The first-order valence-corrected chi connectivity index (χ1v) is 10.5. The van der Waals surface area contributed by atoms with Crippen LogP contribution in [0, 0.1) is 6.92 Å². The maximum absolute atomic E-state index is 12.8. The van der Waals surface area contributed by atoms with Crippen molar-refractivity contribution in [1.29, 1.82) is 0 Å². The van der Waals surface area contributed by atoms with Gasteiger partial charge in [0.1, 0.15) is 17.1 Å². The van der Waals surface area contributed by atoms with E-state index in [-0.39, 0.29) is 5.91 Å². The molecule has 1 amide bonds.